The maximum atomic E-state index is 9.21. The van der Waals surface area contributed by atoms with Crippen LogP contribution < -0.4 is 11.1 Å². The second-order valence-corrected chi connectivity index (χ2v) is 4.62. The third kappa shape index (κ3) is 6.25. The Hall–Kier alpha value is -1.55. The van der Waals surface area contributed by atoms with Gasteiger partial charge in [0, 0.05) is 6.54 Å². The third-order valence-corrected chi connectivity index (χ3v) is 3.04. The van der Waals surface area contributed by atoms with Gasteiger partial charge in [0.2, 0.25) is 0 Å². The second-order valence-electron chi connectivity index (χ2n) is 4.62. The first kappa shape index (κ1) is 15.5. The normalized spacial score (nSPS) is 11.6. The Morgan fingerprint density at radius 2 is 1.95 bits per heavy atom. The van der Waals surface area contributed by atoms with Gasteiger partial charge < -0.3 is 16.2 Å². The Morgan fingerprint density at radius 3 is 2.63 bits per heavy atom. The number of rotatable bonds is 8. The summed E-state index contributed by atoms with van der Waals surface area (Å²) in [6, 6.07) is 7.72. The topological polar surface area (TPSA) is 70.6 Å². The molecule has 0 bridgehead atoms. The minimum Gasteiger partial charge on any atom is -0.392 e. The van der Waals surface area contributed by atoms with Crippen molar-refractivity contribution in [2.24, 2.45) is 10.7 Å². The molecular weight excluding hydrogens is 238 g/mol. The molecule has 1 rings (SSSR count). The second kappa shape index (κ2) is 9.39. The molecule has 0 fully saturated rings. The summed E-state index contributed by atoms with van der Waals surface area (Å²) in [5, 5.41) is 12.3. The van der Waals surface area contributed by atoms with Crippen molar-refractivity contribution in [1.29, 1.82) is 0 Å². The van der Waals surface area contributed by atoms with Crippen molar-refractivity contribution in [1.82, 2.24) is 5.32 Å². The Labute approximate surface area is 115 Å². The fraction of sp³-hybridized carbons (Fsp3) is 0.533. The highest BCUT2D eigenvalue weighted by Gasteiger charge is 1.99. The van der Waals surface area contributed by atoms with Crippen LogP contribution in [0.15, 0.2) is 29.3 Å². The molecule has 0 atom stereocenters. The number of aliphatic hydroxyl groups excluding tert-OH is 1. The SMILES string of the molecule is CCCCCCNC(N)=NCc1ccccc1CO. The summed E-state index contributed by atoms with van der Waals surface area (Å²) in [6.45, 7) is 3.61. The molecule has 0 aliphatic heterocycles. The van der Waals surface area contributed by atoms with Crippen LogP contribution in [0.1, 0.15) is 43.7 Å². The number of nitrogens with one attached hydrogen (secondary N) is 1. The zero-order chi connectivity index (χ0) is 13.9. The molecule has 0 aromatic heterocycles. The van der Waals surface area contributed by atoms with E-state index in [0.717, 1.165) is 24.1 Å². The molecule has 1 aromatic rings. The van der Waals surface area contributed by atoms with Crippen molar-refractivity contribution in [3.8, 4) is 0 Å². The zero-order valence-corrected chi connectivity index (χ0v) is 11.7. The zero-order valence-electron chi connectivity index (χ0n) is 11.7. The van der Waals surface area contributed by atoms with Crippen molar-refractivity contribution >= 4 is 5.96 Å². The van der Waals surface area contributed by atoms with E-state index in [1.807, 2.05) is 24.3 Å². The lowest BCUT2D eigenvalue weighted by molar-refractivity contribution is 0.280. The molecule has 0 spiro atoms. The lowest BCUT2D eigenvalue weighted by Gasteiger charge is -2.07. The Morgan fingerprint density at radius 1 is 1.21 bits per heavy atom. The van der Waals surface area contributed by atoms with E-state index in [1.165, 1.54) is 19.3 Å². The largest absolute Gasteiger partial charge is 0.392 e. The molecule has 106 valence electrons. The van der Waals surface area contributed by atoms with Gasteiger partial charge in [-0.3, -0.25) is 0 Å². The molecule has 0 saturated heterocycles. The lowest BCUT2D eigenvalue weighted by atomic mass is 10.1. The van der Waals surface area contributed by atoms with Gasteiger partial charge in [0.05, 0.1) is 13.2 Å². The molecule has 1 aromatic carbocycles. The highest BCUT2D eigenvalue weighted by Crippen LogP contribution is 2.09. The van der Waals surface area contributed by atoms with E-state index >= 15 is 0 Å². The van der Waals surface area contributed by atoms with Gasteiger partial charge in [-0.15, -0.1) is 0 Å². The van der Waals surface area contributed by atoms with Crippen LogP contribution in [-0.4, -0.2) is 17.6 Å². The van der Waals surface area contributed by atoms with Crippen LogP contribution in [0.5, 0.6) is 0 Å². The Kier molecular flexibility index (Phi) is 7.66. The minimum absolute atomic E-state index is 0.0377. The van der Waals surface area contributed by atoms with Crippen LogP contribution in [0.25, 0.3) is 0 Å². The highest BCUT2D eigenvalue weighted by atomic mass is 16.3. The number of nitrogens with two attached hydrogens (primary N) is 1. The first-order valence-corrected chi connectivity index (χ1v) is 6.99. The number of hydrogen-bond donors (Lipinski definition) is 3. The number of unbranched alkanes of at least 4 members (excludes halogenated alkanes) is 3. The monoisotopic (exact) mass is 263 g/mol. The van der Waals surface area contributed by atoms with Crippen molar-refractivity contribution in [2.75, 3.05) is 6.54 Å². The van der Waals surface area contributed by atoms with Crippen molar-refractivity contribution in [3.05, 3.63) is 35.4 Å². The standard InChI is InChI=1S/C15H25N3O/c1-2-3-4-7-10-17-15(16)18-11-13-8-5-6-9-14(13)12-19/h5-6,8-9,19H,2-4,7,10-12H2,1H3,(H3,16,17,18). The molecule has 0 radical (unpaired) electrons. The first-order valence-electron chi connectivity index (χ1n) is 6.99. The van der Waals surface area contributed by atoms with Gasteiger partial charge >= 0.3 is 0 Å². The van der Waals surface area contributed by atoms with Gasteiger partial charge in [-0.2, -0.15) is 0 Å². The molecule has 0 aliphatic rings. The Balaban J connectivity index is 2.34. The van der Waals surface area contributed by atoms with Gasteiger partial charge in [0.1, 0.15) is 0 Å². The number of aliphatic imine (C=N–C) groups is 1. The van der Waals surface area contributed by atoms with E-state index in [1.54, 1.807) is 0 Å². The van der Waals surface area contributed by atoms with Crippen LogP contribution in [0, 0.1) is 0 Å². The van der Waals surface area contributed by atoms with E-state index in [0.29, 0.717) is 12.5 Å². The van der Waals surface area contributed by atoms with Crippen LogP contribution in [0.2, 0.25) is 0 Å². The molecule has 0 amide bonds. The number of guanidine groups is 1. The van der Waals surface area contributed by atoms with Crippen LogP contribution in [-0.2, 0) is 13.2 Å². The fourth-order valence-corrected chi connectivity index (χ4v) is 1.86. The number of benzene rings is 1. The molecule has 0 unspecified atom stereocenters. The summed E-state index contributed by atoms with van der Waals surface area (Å²) in [5.74, 6) is 0.476. The average molecular weight is 263 g/mol. The predicted molar refractivity (Wildman–Crippen MR) is 79.8 cm³/mol. The summed E-state index contributed by atoms with van der Waals surface area (Å²) < 4.78 is 0. The quantitative estimate of drug-likeness (QED) is 0.382. The van der Waals surface area contributed by atoms with E-state index in [4.69, 9.17) is 5.73 Å². The summed E-state index contributed by atoms with van der Waals surface area (Å²) in [5.41, 5.74) is 7.72. The van der Waals surface area contributed by atoms with Gasteiger partial charge in [0.25, 0.3) is 0 Å². The summed E-state index contributed by atoms with van der Waals surface area (Å²) in [4.78, 5) is 4.29. The number of nitrogens with zero attached hydrogens (tertiary/aromatic N) is 1. The maximum absolute atomic E-state index is 9.21. The summed E-state index contributed by atoms with van der Waals surface area (Å²) in [7, 11) is 0. The van der Waals surface area contributed by atoms with E-state index < -0.39 is 0 Å². The average Bonchev–Trinajstić information content (AvgIpc) is 2.45. The van der Waals surface area contributed by atoms with Crippen molar-refractivity contribution in [3.63, 3.8) is 0 Å². The molecule has 0 saturated carbocycles. The fourth-order valence-electron chi connectivity index (χ4n) is 1.86. The van der Waals surface area contributed by atoms with E-state index in [-0.39, 0.29) is 6.61 Å². The van der Waals surface area contributed by atoms with Crippen molar-refractivity contribution < 1.29 is 5.11 Å². The lowest BCUT2D eigenvalue weighted by Crippen LogP contribution is -2.32. The summed E-state index contributed by atoms with van der Waals surface area (Å²) >= 11 is 0. The predicted octanol–water partition coefficient (Wildman–Crippen LogP) is 2.16. The van der Waals surface area contributed by atoms with Gasteiger partial charge in [-0.05, 0) is 17.5 Å². The van der Waals surface area contributed by atoms with Crippen molar-refractivity contribution in [2.45, 2.75) is 45.8 Å². The van der Waals surface area contributed by atoms with E-state index in [2.05, 4.69) is 17.2 Å². The third-order valence-electron chi connectivity index (χ3n) is 3.04. The molecule has 0 heterocycles. The summed E-state index contributed by atoms with van der Waals surface area (Å²) in [6.07, 6.45) is 4.85. The van der Waals surface area contributed by atoms with Gasteiger partial charge in [-0.25, -0.2) is 4.99 Å². The molecular formula is C15H25N3O. The van der Waals surface area contributed by atoms with Crippen LogP contribution in [0.3, 0.4) is 0 Å². The maximum Gasteiger partial charge on any atom is 0.188 e. The van der Waals surface area contributed by atoms with E-state index in [9.17, 15) is 5.11 Å². The van der Waals surface area contributed by atoms with Crippen LogP contribution in [0.4, 0.5) is 0 Å². The van der Waals surface area contributed by atoms with Gasteiger partial charge in [-0.1, -0.05) is 50.5 Å². The van der Waals surface area contributed by atoms with Crippen LogP contribution >= 0.6 is 0 Å². The number of aliphatic hydroxyl groups is 1. The molecule has 0 aliphatic carbocycles. The molecule has 19 heavy (non-hydrogen) atoms. The highest BCUT2D eigenvalue weighted by molar-refractivity contribution is 5.77. The minimum atomic E-state index is 0.0377. The number of hydrogen-bond acceptors (Lipinski definition) is 2. The molecule has 4 nitrogen and oxygen atoms in total. The Bertz CT molecular complexity index is 391. The molecule has 4 N–H and O–H groups in total. The first-order chi connectivity index (χ1) is 9.27. The molecule has 4 heteroatoms. The smallest absolute Gasteiger partial charge is 0.188 e. The van der Waals surface area contributed by atoms with Gasteiger partial charge in [0.15, 0.2) is 5.96 Å².